The molecular formula is C53H75N7O7. The zero-order chi connectivity index (χ0) is 48.7. The van der Waals surface area contributed by atoms with E-state index in [0.717, 1.165) is 62.9 Å². The molecule has 0 spiro atoms. The fraction of sp³-hybridized carbons (Fsp3) is 0.528. The Morgan fingerprint density at radius 2 is 1.81 bits per heavy atom. The van der Waals surface area contributed by atoms with Gasteiger partial charge in [-0.1, -0.05) is 70.9 Å². The molecule has 14 heteroatoms. The quantitative estimate of drug-likeness (QED) is 0.0546. The van der Waals surface area contributed by atoms with E-state index in [2.05, 4.69) is 84.3 Å². The largest absolute Gasteiger partial charge is 0.375 e. The van der Waals surface area contributed by atoms with Crippen molar-refractivity contribution in [3.05, 3.63) is 77.6 Å². The summed E-state index contributed by atoms with van der Waals surface area (Å²) in [5.41, 5.74) is 10.7. The summed E-state index contributed by atoms with van der Waals surface area (Å²) in [6, 6.07) is 16.9. The first-order chi connectivity index (χ1) is 31.9. The summed E-state index contributed by atoms with van der Waals surface area (Å²) in [6.45, 7) is 19.6. The number of nitrogens with zero attached hydrogens (tertiary/aromatic N) is 5. The summed E-state index contributed by atoms with van der Waals surface area (Å²) in [5, 5.41) is 15.4. The molecule has 4 aromatic rings. The number of methoxy groups -OCH3 is 1. The Kier molecular flexibility index (Phi) is 16.7. The van der Waals surface area contributed by atoms with Crippen LogP contribution in [0.4, 0.5) is 0 Å². The second-order valence-electron chi connectivity index (χ2n) is 19.7. The number of hydrogen-bond donors (Lipinski definition) is 3. The molecule has 2 aliphatic rings. The summed E-state index contributed by atoms with van der Waals surface area (Å²) in [7, 11) is 3.32. The van der Waals surface area contributed by atoms with Crippen LogP contribution in [0.15, 0.2) is 60.8 Å². The van der Waals surface area contributed by atoms with Gasteiger partial charge in [-0.15, -0.1) is 0 Å². The number of aryl methyl sites for hydroxylation is 1. The highest BCUT2D eigenvalue weighted by Gasteiger charge is 2.42. The number of carbonyl (C=O) groups excluding carboxylic acids is 4. The second kappa shape index (κ2) is 22.0. The molecule has 0 bridgehead atoms. The molecule has 67 heavy (non-hydrogen) atoms. The average Bonchev–Trinajstić information content (AvgIpc) is 3.84. The lowest BCUT2D eigenvalue weighted by molar-refractivity contribution is -0.259. The van der Waals surface area contributed by atoms with E-state index < -0.39 is 29.3 Å². The molecular weight excluding hydrogens is 847 g/mol. The van der Waals surface area contributed by atoms with Gasteiger partial charge in [-0.25, -0.2) is 10.3 Å². The molecule has 6 rings (SSSR count). The second-order valence-corrected chi connectivity index (χ2v) is 19.7. The predicted molar refractivity (Wildman–Crippen MR) is 265 cm³/mol. The van der Waals surface area contributed by atoms with Crippen molar-refractivity contribution in [2.75, 3.05) is 40.4 Å². The van der Waals surface area contributed by atoms with Crippen LogP contribution in [0.1, 0.15) is 101 Å². The molecule has 2 aromatic carbocycles. The van der Waals surface area contributed by atoms with Gasteiger partial charge in [-0.2, -0.15) is 0 Å². The zero-order valence-electron chi connectivity index (χ0n) is 41.3. The van der Waals surface area contributed by atoms with Gasteiger partial charge in [0.25, 0.3) is 11.8 Å². The fourth-order valence-corrected chi connectivity index (χ4v) is 10.0. The average molecular weight is 922 g/mol. The molecule has 0 radical (unpaired) electrons. The predicted octanol–water partition coefficient (Wildman–Crippen LogP) is 7.79. The van der Waals surface area contributed by atoms with E-state index in [0.29, 0.717) is 26.1 Å². The fourth-order valence-electron chi connectivity index (χ4n) is 10.0. The van der Waals surface area contributed by atoms with Gasteiger partial charge in [-0.05, 0) is 117 Å². The minimum Gasteiger partial charge on any atom is -0.375 e. The van der Waals surface area contributed by atoms with Gasteiger partial charge in [-0.3, -0.25) is 34.4 Å². The molecule has 4 heterocycles. The normalized spacial score (nSPS) is 18.9. The van der Waals surface area contributed by atoms with Crippen LogP contribution in [-0.4, -0.2) is 112 Å². The van der Waals surface area contributed by atoms with Crippen molar-refractivity contribution in [3.8, 4) is 34.2 Å². The number of rotatable bonds is 17. The van der Waals surface area contributed by atoms with Crippen molar-refractivity contribution in [1.29, 1.82) is 0 Å². The number of likely N-dealkylation sites (tertiary alicyclic amines) is 1. The van der Waals surface area contributed by atoms with Gasteiger partial charge in [0, 0.05) is 78.3 Å². The number of ether oxygens (including phenoxy) is 1. The van der Waals surface area contributed by atoms with Crippen LogP contribution < -0.4 is 10.7 Å². The topological polar surface area (TPSA) is 159 Å². The van der Waals surface area contributed by atoms with Gasteiger partial charge < -0.3 is 24.4 Å². The number of hydrazine groups is 1. The Labute approximate surface area is 399 Å². The highest BCUT2D eigenvalue weighted by Crippen LogP contribution is 2.42. The molecule has 0 aliphatic carbocycles. The van der Waals surface area contributed by atoms with Gasteiger partial charge in [0.2, 0.25) is 11.8 Å². The van der Waals surface area contributed by atoms with E-state index in [1.165, 1.54) is 4.90 Å². The number of likely N-dealkylation sites (N-methyl/N-ethyl adjacent to an activating group) is 1. The first-order valence-corrected chi connectivity index (χ1v) is 23.8. The Bertz CT molecular complexity index is 2500. The molecule has 0 saturated carbocycles. The van der Waals surface area contributed by atoms with Crippen molar-refractivity contribution in [2.24, 2.45) is 23.2 Å². The summed E-state index contributed by atoms with van der Waals surface area (Å²) < 4.78 is 8.11. The third-order valence-corrected chi connectivity index (χ3v) is 13.5. The Hall–Kier alpha value is -5.59. The van der Waals surface area contributed by atoms with E-state index in [1.54, 1.807) is 37.2 Å². The first kappa shape index (κ1) is 50.8. The van der Waals surface area contributed by atoms with E-state index in [1.807, 2.05) is 52.8 Å². The molecule has 3 N–H and O–H groups in total. The number of aromatic nitrogens is 2. The number of pyridine rings is 1. The van der Waals surface area contributed by atoms with Gasteiger partial charge in [0.05, 0.1) is 30.0 Å². The Balaban J connectivity index is 0.00000518. The lowest BCUT2D eigenvalue weighted by atomic mass is 9.84. The summed E-state index contributed by atoms with van der Waals surface area (Å²) >= 11 is 0. The molecule has 2 aromatic heterocycles. The molecule has 2 aliphatic heterocycles. The highest BCUT2D eigenvalue weighted by atomic mass is 17.1. The van der Waals surface area contributed by atoms with Gasteiger partial charge in [0.1, 0.15) is 12.1 Å². The molecule has 364 valence electrons. The molecule has 14 nitrogen and oxygen atoms in total. The molecule has 0 unspecified atom stereocenters. The van der Waals surface area contributed by atoms with E-state index in [4.69, 9.17) is 14.6 Å². The summed E-state index contributed by atoms with van der Waals surface area (Å²) in [5.74, 6) is 3.15. The van der Waals surface area contributed by atoms with Crippen LogP contribution in [0, 0.1) is 35.0 Å². The van der Waals surface area contributed by atoms with Crippen LogP contribution in [0.5, 0.6) is 0 Å². The smallest absolute Gasteiger partial charge is 0.298 e. The van der Waals surface area contributed by atoms with Crippen LogP contribution in [0.3, 0.4) is 0 Å². The minimum absolute atomic E-state index is 0. The van der Waals surface area contributed by atoms with Crippen molar-refractivity contribution in [1.82, 2.24) is 35.1 Å². The van der Waals surface area contributed by atoms with Crippen molar-refractivity contribution < 1.29 is 36.9 Å². The van der Waals surface area contributed by atoms with Crippen molar-refractivity contribution in [3.63, 3.8) is 0 Å². The first-order valence-electron chi connectivity index (χ1n) is 23.8. The summed E-state index contributed by atoms with van der Waals surface area (Å²) in [6.07, 6.45) is 4.11. The number of benzene rings is 2. The standard InChI is InChI=1S/C53H71N7O7.2H2/c1-12-17-46(61)58-30-34(5)43(31-58)51(63)57(10)48(33(3)4)50(62)55-44(52(64)60-25-16-18-35(6)56-60)27-37-19-14-20-38(26-37)39-22-23-45-41(28-39)42(29-53(8,9)32-67-65)49(59(45)13-2)40-21-15-24-54-47(40)36(7)66-11;;/h14-15,19-24,26,28,33-36,43-44,48,56,65H,13,16,18,25,27,29-32H2,1-11H3,(H,55,62);2*1H/t34-,35+,36-,43+,44-,48-;;/m0../s1. The number of carbonyl (C=O) groups is 4. The van der Waals surface area contributed by atoms with Crippen LogP contribution in [0.2, 0.25) is 0 Å². The number of amides is 4. The number of nitrogens with one attached hydrogen (secondary N) is 2. The van der Waals surface area contributed by atoms with E-state index in [-0.39, 0.29) is 64.1 Å². The van der Waals surface area contributed by atoms with E-state index >= 15 is 0 Å². The van der Waals surface area contributed by atoms with Crippen molar-refractivity contribution >= 4 is 34.5 Å². The molecule has 2 fully saturated rings. The molecule has 2 saturated heterocycles. The number of fused-ring (bicyclic) bond motifs is 1. The maximum atomic E-state index is 14.5. The Morgan fingerprint density at radius 3 is 2.48 bits per heavy atom. The SMILES string of the molecule is CC#CC(=O)N1C[C@H](C)[C@H](C(=O)N(C)[C@H](C(=O)N[C@@H](Cc2cccc(-c3ccc4c(c3)c(CC(C)(C)COO)c(-c3cccnc3[C@H](C)OC)n4CC)c2)C(=O)N2CCC[C@@H](C)N2)C(C)C)C1.[HH].[HH]. The third-order valence-electron chi connectivity index (χ3n) is 13.5. The van der Waals surface area contributed by atoms with Gasteiger partial charge >= 0.3 is 0 Å². The highest BCUT2D eigenvalue weighted by molar-refractivity contribution is 5.97. The molecule has 4 amide bonds. The lowest BCUT2D eigenvalue weighted by Crippen LogP contribution is -2.61. The lowest BCUT2D eigenvalue weighted by Gasteiger charge is -2.36. The monoisotopic (exact) mass is 922 g/mol. The Morgan fingerprint density at radius 1 is 1.06 bits per heavy atom. The molecule has 6 atom stereocenters. The maximum Gasteiger partial charge on any atom is 0.298 e. The van der Waals surface area contributed by atoms with Crippen molar-refractivity contribution in [2.45, 2.75) is 119 Å². The number of hydrogen-bond acceptors (Lipinski definition) is 9. The van der Waals surface area contributed by atoms with Gasteiger partial charge in [0.15, 0.2) is 0 Å². The third kappa shape index (κ3) is 11.4. The zero-order valence-corrected chi connectivity index (χ0v) is 41.3. The minimum atomic E-state index is -0.939. The van der Waals surface area contributed by atoms with E-state index in [9.17, 15) is 24.4 Å². The van der Waals surface area contributed by atoms with Crippen LogP contribution >= 0.6 is 0 Å². The van der Waals surface area contributed by atoms with Crippen LogP contribution in [0.25, 0.3) is 33.3 Å². The summed E-state index contributed by atoms with van der Waals surface area (Å²) in [4.78, 5) is 68.4. The maximum absolute atomic E-state index is 14.5. The van der Waals surface area contributed by atoms with Crippen LogP contribution in [-0.2, 0) is 48.2 Å².